The molecular weight excluding hydrogens is 252 g/mol. The van der Waals surface area contributed by atoms with Gasteiger partial charge in [0.15, 0.2) is 0 Å². The van der Waals surface area contributed by atoms with Gasteiger partial charge in [-0.3, -0.25) is 9.78 Å². The second-order valence-corrected chi connectivity index (χ2v) is 5.99. The minimum atomic E-state index is -0.395. The molecule has 0 aliphatic heterocycles. The van der Waals surface area contributed by atoms with Crippen LogP contribution in [0.2, 0.25) is 0 Å². The van der Waals surface area contributed by atoms with Gasteiger partial charge in [-0.1, -0.05) is 13.0 Å². The lowest BCUT2D eigenvalue weighted by Crippen LogP contribution is -2.53. The molecule has 110 valence electrons. The zero-order chi connectivity index (χ0) is 14.4. The number of pyridine rings is 1. The fourth-order valence-corrected chi connectivity index (χ4v) is 2.78. The summed E-state index contributed by atoms with van der Waals surface area (Å²) in [6.07, 6.45) is 6.70. The Morgan fingerprint density at radius 1 is 1.45 bits per heavy atom. The second-order valence-electron chi connectivity index (χ2n) is 5.99. The van der Waals surface area contributed by atoms with Crippen LogP contribution in [0.25, 0.3) is 0 Å². The molecule has 2 N–H and O–H groups in total. The average Bonchev–Trinajstić information content (AvgIpc) is 2.49. The molecule has 1 aliphatic rings. The molecule has 0 aromatic carbocycles. The maximum atomic E-state index is 12.1. The van der Waals surface area contributed by atoms with E-state index in [-0.39, 0.29) is 12.5 Å². The summed E-state index contributed by atoms with van der Waals surface area (Å²) in [5, 5.41) is 12.7. The van der Waals surface area contributed by atoms with Crippen molar-refractivity contribution < 1.29 is 9.90 Å². The highest BCUT2D eigenvalue weighted by Gasteiger charge is 2.34. The number of aliphatic hydroxyl groups is 1. The average molecular weight is 276 g/mol. The first-order chi connectivity index (χ1) is 9.63. The topological polar surface area (TPSA) is 62.2 Å². The third kappa shape index (κ3) is 4.04. The monoisotopic (exact) mass is 276 g/mol. The number of amides is 1. The van der Waals surface area contributed by atoms with E-state index < -0.39 is 5.54 Å². The minimum absolute atomic E-state index is 0.0132. The van der Waals surface area contributed by atoms with Crippen molar-refractivity contribution in [2.24, 2.45) is 5.92 Å². The maximum absolute atomic E-state index is 12.1. The molecule has 4 heteroatoms. The van der Waals surface area contributed by atoms with Crippen LogP contribution in [0.1, 0.15) is 44.7 Å². The van der Waals surface area contributed by atoms with Crippen molar-refractivity contribution in [1.29, 1.82) is 0 Å². The van der Waals surface area contributed by atoms with Gasteiger partial charge in [-0.2, -0.15) is 0 Å². The SMILES string of the molecule is CC1CCC(CO)(NC(=O)CCc2ccccn2)CC1. The van der Waals surface area contributed by atoms with Crippen LogP contribution in [0.3, 0.4) is 0 Å². The lowest BCUT2D eigenvalue weighted by Gasteiger charge is -2.38. The zero-order valence-electron chi connectivity index (χ0n) is 12.1. The minimum Gasteiger partial charge on any atom is -0.394 e. The van der Waals surface area contributed by atoms with Gasteiger partial charge in [0.05, 0.1) is 12.1 Å². The summed E-state index contributed by atoms with van der Waals surface area (Å²) in [6, 6.07) is 5.73. The Hall–Kier alpha value is -1.42. The Morgan fingerprint density at radius 3 is 2.80 bits per heavy atom. The third-order valence-corrected chi connectivity index (χ3v) is 4.27. The normalized spacial score (nSPS) is 26.2. The lowest BCUT2D eigenvalue weighted by molar-refractivity contribution is -0.124. The number of nitrogens with zero attached hydrogens (tertiary/aromatic N) is 1. The first-order valence-electron chi connectivity index (χ1n) is 7.45. The first-order valence-corrected chi connectivity index (χ1v) is 7.45. The van der Waals surface area contributed by atoms with E-state index in [9.17, 15) is 9.90 Å². The van der Waals surface area contributed by atoms with Gasteiger partial charge in [0.25, 0.3) is 0 Å². The van der Waals surface area contributed by atoms with E-state index in [2.05, 4.69) is 17.2 Å². The van der Waals surface area contributed by atoms with E-state index >= 15 is 0 Å². The quantitative estimate of drug-likeness (QED) is 0.865. The molecule has 20 heavy (non-hydrogen) atoms. The van der Waals surface area contributed by atoms with E-state index in [0.717, 1.165) is 31.4 Å². The van der Waals surface area contributed by atoms with Gasteiger partial charge >= 0.3 is 0 Å². The Kier molecular flexibility index (Phi) is 5.12. The highest BCUT2D eigenvalue weighted by molar-refractivity contribution is 5.77. The number of carbonyl (C=O) groups is 1. The molecule has 0 spiro atoms. The molecule has 2 rings (SSSR count). The summed E-state index contributed by atoms with van der Waals surface area (Å²) in [5.41, 5.74) is 0.534. The van der Waals surface area contributed by atoms with Crippen LogP contribution in [0.5, 0.6) is 0 Å². The van der Waals surface area contributed by atoms with Crippen LogP contribution in [-0.4, -0.2) is 28.1 Å². The van der Waals surface area contributed by atoms with Gasteiger partial charge < -0.3 is 10.4 Å². The number of hydrogen-bond acceptors (Lipinski definition) is 3. The predicted molar refractivity (Wildman–Crippen MR) is 78.1 cm³/mol. The maximum Gasteiger partial charge on any atom is 0.220 e. The van der Waals surface area contributed by atoms with E-state index in [0.29, 0.717) is 18.8 Å². The Labute approximate surface area is 120 Å². The summed E-state index contributed by atoms with van der Waals surface area (Å²) in [7, 11) is 0. The molecule has 0 unspecified atom stereocenters. The molecule has 0 bridgehead atoms. The molecule has 1 saturated carbocycles. The van der Waals surface area contributed by atoms with Gasteiger partial charge in [-0.25, -0.2) is 0 Å². The lowest BCUT2D eigenvalue weighted by atomic mass is 9.77. The van der Waals surface area contributed by atoms with Crippen molar-refractivity contribution in [1.82, 2.24) is 10.3 Å². The molecule has 1 aromatic rings. The summed E-state index contributed by atoms with van der Waals surface area (Å²) in [5.74, 6) is 0.708. The molecule has 1 amide bonds. The molecule has 1 heterocycles. The molecule has 1 fully saturated rings. The molecular formula is C16H24N2O2. The van der Waals surface area contributed by atoms with Gasteiger partial charge in [-0.05, 0) is 50.2 Å². The van der Waals surface area contributed by atoms with Crippen molar-refractivity contribution in [3.05, 3.63) is 30.1 Å². The number of rotatable bonds is 5. The van der Waals surface area contributed by atoms with E-state index in [4.69, 9.17) is 0 Å². The summed E-state index contributed by atoms with van der Waals surface area (Å²) >= 11 is 0. The molecule has 0 saturated heterocycles. The van der Waals surface area contributed by atoms with Crippen molar-refractivity contribution in [2.45, 2.75) is 51.0 Å². The van der Waals surface area contributed by atoms with Crippen molar-refractivity contribution in [2.75, 3.05) is 6.61 Å². The predicted octanol–water partition coefficient (Wildman–Crippen LogP) is 2.07. The van der Waals surface area contributed by atoms with Crippen LogP contribution in [0.4, 0.5) is 0 Å². The highest BCUT2D eigenvalue weighted by Crippen LogP contribution is 2.31. The summed E-state index contributed by atoms with van der Waals surface area (Å²) in [4.78, 5) is 16.3. The van der Waals surface area contributed by atoms with Gasteiger partial charge in [0.1, 0.15) is 0 Å². The van der Waals surface area contributed by atoms with E-state index in [1.165, 1.54) is 0 Å². The largest absolute Gasteiger partial charge is 0.394 e. The number of aryl methyl sites for hydroxylation is 1. The first kappa shape index (κ1) is 15.0. The summed E-state index contributed by atoms with van der Waals surface area (Å²) in [6.45, 7) is 2.26. The molecule has 0 radical (unpaired) electrons. The highest BCUT2D eigenvalue weighted by atomic mass is 16.3. The van der Waals surface area contributed by atoms with Crippen LogP contribution < -0.4 is 5.32 Å². The Morgan fingerprint density at radius 2 is 2.20 bits per heavy atom. The molecule has 0 atom stereocenters. The number of aliphatic hydroxyl groups excluding tert-OH is 1. The molecule has 1 aromatic heterocycles. The Bertz CT molecular complexity index is 425. The third-order valence-electron chi connectivity index (χ3n) is 4.27. The number of nitrogens with one attached hydrogen (secondary N) is 1. The van der Waals surface area contributed by atoms with Crippen LogP contribution in [-0.2, 0) is 11.2 Å². The second kappa shape index (κ2) is 6.84. The Balaban J connectivity index is 1.83. The number of hydrogen-bond donors (Lipinski definition) is 2. The van der Waals surface area contributed by atoms with E-state index in [1.54, 1.807) is 6.20 Å². The molecule has 1 aliphatic carbocycles. The number of aromatic nitrogens is 1. The van der Waals surface area contributed by atoms with Crippen molar-refractivity contribution >= 4 is 5.91 Å². The van der Waals surface area contributed by atoms with Gasteiger partial charge in [0, 0.05) is 18.3 Å². The van der Waals surface area contributed by atoms with Crippen LogP contribution >= 0.6 is 0 Å². The number of carbonyl (C=O) groups excluding carboxylic acids is 1. The molecule has 4 nitrogen and oxygen atoms in total. The fourth-order valence-electron chi connectivity index (χ4n) is 2.78. The zero-order valence-corrected chi connectivity index (χ0v) is 12.1. The smallest absolute Gasteiger partial charge is 0.220 e. The van der Waals surface area contributed by atoms with Gasteiger partial charge in [0.2, 0.25) is 5.91 Å². The van der Waals surface area contributed by atoms with E-state index in [1.807, 2.05) is 18.2 Å². The standard InChI is InChI=1S/C16H24N2O2/c1-13-7-9-16(12-19,10-8-13)18-15(20)6-5-14-4-2-3-11-17-14/h2-4,11,13,19H,5-10,12H2,1H3,(H,18,20). The van der Waals surface area contributed by atoms with Crippen molar-refractivity contribution in [3.63, 3.8) is 0 Å². The fraction of sp³-hybridized carbons (Fsp3) is 0.625. The summed E-state index contributed by atoms with van der Waals surface area (Å²) < 4.78 is 0. The van der Waals surface area contributed by atoms with Crippen LogP contribution in [0.15, 0.2) is 24.4 Å². The van der Waals surface area contributed by atoms with Crippen molar-refractivity contribution in [3.8, 4) is 0 Å². The van der Waals surface area contributed by atoms with Gasteiger partial charge in [-0.15, -0.1) is 0 Å². The van der Waals surface area contributed by atoms with Crippen LogP contribution in [0, 0.1) is 5.92 Å².